The molecule has 1 fully saturated rings. The highest BCUT2D eigenvalue weighted by Crippen LogP contribution is 2.28. The maximum Gasteiger partial charge on any atom is 0.511 e. The Hall–Kier alpha value is -1.16. The first-order valence-corrected chi connectivity index (χ1v) is 9.48. The third-order valence-corrected chi connectivity index (χ3v) is 5.34. The van der Waals surface area contributed by atoms with Crippen LogP contribution in [0.2, 0.25) is 0 Å². The lowest BCUT2D eigenvalue weighted by Gasteiger charge is -2.32. The summed E-state index contributed by atoms with van der Waals surface area (Å²) in [6.45, 7) is 3.87. The fraction of sp³-hybridized carbons (Fsp3) is 0.769. The van der Waals surface area contributed by atoms with E-state index in [-0.39, 0.29) is 62.5 Å². The monoisotopic (exact) mass is 526 g/mol. The van der Waals surface area contributed by atoms with Gasteiger partial charge in [0.25, 0.3) is 0 Å². The summed E-state index contributed by atoms with van der Waals surface area (Å²) in [6, 6.07) is -0.197. The van der Waals surface area contributed by atoms with Gasteiger partial charge >= 0.3 is 15.5 Å². The molecule has 0 aliphatic carbocycles. The molecule has 0 unspecified atom stereocenters. The summed E-state index contributed by atoms with van der Waals surface area (Å²) >= 11 is 0. The van der Waals surface area contributed by atoms with E-state index in [0.29, 0.717) is 28.5 Å². The van der Waals surface area contributed by atoms with E-state index in [1.165, 1.54) is 0 Å². The van der Waals surface area contributed by atoms with Crippen molar-refractivity contribution in [3.8, 4) is 0 Å². The highest BCUT2D eigenvalue weighted by Gasteiger charge is 2.50. The van der Waals surface area contributed by atoms with Gasteiger partial charge in [-0.25, -0.2) is 13.4 Å². The Morgan fingerprint density at radius 3 is 2.48 bits per heavy atom. The molecule has 9 nitrogen and oxygen atoms in total. The fourth-order valence-electron chi connectivity index (χ4n) is 2.45. The second-order valence-corrected chi connectivity index (χ2v) is 7.63. The Kier molecular flexibility index (Phi) is 8.72. The van der Waals surface area contributed by atoms with Crippen molar-refractivity contribution in [2.75, 3.05) is 19.6 Å². The molecule has 0 radical (unpaired) electrons. The van der Waals surface area contributed by atoms with Crippen LogP contribution in [0, 0.1) is 6.92 Å². The number of alkyl halides is 3. The first-order chi connectivity index (χ1) is 12.1. The molecule has 1 aliphatic heterocycles. The molecule has 1 aromatic heterocycles. The predicted molar refractivity (Wildman–Crippen MR) is 102 cm³/mol. The molecule has 1 aromatic rings. The lowest BCUT2D eigenvalue weighted by Crippen LogP contribution is -2.51. The smallest absolute Gasteiger partial charge is 0.357 e. The maximum absolute atomic E-state index is 12.6. The second kappa shape index (κ2) is 9.86. The van der Waals surface area contributed by atoms with Crippen LogP contribution >= 0.6 is 24.0 Å². The number of piperidine rings is 1. The van der Waals surface area contributed by atoms with Gasteiger partial charge in [0.15, 0.2) is 11.8 Å². The highest BCUT2D eigenvalue weighted by atomic mass is 127. The SMILES string of the molecule is CCNC(=NCc1nc(C)no1)NC1CCN(S(=O)(=O)C(F)(F)F)CC1.I. The molecule has 0 bridgehead atoms. The fourth-order valence-corrected chi connectivity index (χ4v) is 3.44. The van der Waals surface area contributed by atoms with Gasteiger partial charge in [0.1, 0.15) is 6.54 Å². The minimum atomic E-state index is -5.27. The molecule has 0 saturated carbocycles. The van der Waals surface area contributed by atoms with Gasteiger partial charge in [0.2, 0.25) is 5.89 Å². The van der Waals surface area contributed by atoms with Gasteiger partial charge in [-0.05, 0) is 26.7 Å². The lowest BCUT2D eigenvalue weighted by molar-refractivity contribution is -0.0494. The highest BCUT2D eigenvalue weighted by molar-refractivity contribution is 14.0. The van der Waals surface area contributed by atoms with E-state index < -0.39 is 15.5 Å². The third-order valence-electron chi connectivity index (χ3n) is 3.71. The van der Waals surface area contributed by atoms with Crippen LogP contribution in [0.4, 0.5) is 13.2 Å². The number of halogens is 4. The zero-order valence-corrected chi connectivity index (χ0v) is 17.9. The minimum absolute atomic E-state index is 0. The molecule has 14 heteroatoms. The molecule has 27 heavy (non-hydrogen) atoms. The van der Waals surface area contributed by atoms with E-state index in [2.05, 4.69) is 25.8 Å². The van der Waals surface area contributed by atoms with Crippen LogP contribution < -0.4 is 10.6 Å². The number of nitrogens with zero attached hydrogens (tertiary/aromatic N) is 4. The van der Waals surface area contributed by atoms with E-state index in [0.717, 1.165) is 0 Å². The molecule has 2 rings (SSSR count). The largest absolute Gasteiger partial charge is 0.511 e. The van der Waals surface area contributed by atoms with Gasteiger partial charge < -0.3 is 15.2 Å². The Bertz CT molecular complexity index is 732. The number of aryl methyl sites for hydroxylation is 1. The van der Waals surface area contributed by atoms with Crippen molar-refractivity contribution < 1.29 is 26.1 Å². The molecule has 0 spiro atoms. The van der Waals surface area contributed by atoms with Crippen LogP contribution in [0.1, 0.15) is 31.5 Å². The Balaban J connectivity index is 0.00000364. The molecular weight excluding hydrogens is 504 g/mol. The molecule has 0 aromatic carbocycles. The van der Waals surface area contributed by atoms with Crippen LogP contribution in [-0.4, -0.2) is 60.0 Å². The molecule has 1 saturated heterocycles. The summed E-state index contributed by atoms with van der Waals surface area (Å²) < 4.78 is 66.1. The van der Waals surface area contributed by atoms with E-state index in [1.54, 1.807) is 6.92 Å². The predicted octanol–water partition coefficient (Wildman–Crippen LogP) is 1.37. The van der Waals surface area contributed by atoms with Crippen molar-refractivity contribution in [3.63, 3.8) is 0 Å². The Labute approximate surface area is 172 Å². The van der Waals surface area contributed by atoms with Crippen LogP contribution in [-0.2, 0) is 16.6 Å². The van der Waals surface area contributed by atoms with E-state index >= 15 is 0 Å². The maximum atomic E-state index is 12.6. The zero-order valence-electron chi connectivity index (χ0n) is 14.8. The van der Waals surface area contributed by atoms with Crippen molar-refractivity contribution in [3.05, 3.63) is 11.7 Å². The first-order valence-electron chi connectivity index (χ1n) is 8.04. The summed E-state index contributed by atoms with van der Waals surface area (Å²) in [5, 5.41) is 9.76. The van der Waals surface area contributed by atoms with Crippen molar-refractivity contribution in [1.29, 1.82) is 0 Å². The van der Waals surface area contributed by atoms with Gasteiger partial charge in [-0.2, -0.15) is 22.5 Å². The van der Waals surface area contributed by atoms with Gasteiger partial charge in [0.05, 0.1) is 0 Å². The van der Waals surface area contributed by atoms with Crippen LogP contribution in [0.3, 0.4) is 0 Å². The Morgan fingerprint density at radius 2 is 2.00 bits per heavy atom. The summed E-state index contributed by atoms with van der Waals surface area (Å²) in [4.78, 5) is 8.31. The molecular formula is C13H22F3IN6O3S. The number of aromatic nitrogens is 2. The van der Waals surface area contributed by atoms with Gasteiger partial charge in [0, 0.05) is 25.7 Å². The molecule has 0 amide bonds. The number of hydrogen-bond acceptors (Lipinski definition) is 6. The topological polar surface area (TPSA) is 113 Å². The van der Waals surface area contributed by atoms with Crippen molar-refractivity contribution in [1.82, 2.24) is 25.1 Å². The standard InChI is InChI=1S/C13H21F3N6O3S.HI/c1-3-17-12(18-8-11-19-9(2)21-25-11)20-10-4-6-22(7-5-10)26(23,24)13(14,15)16;/h10H,3-8H2,1-2H3,(H2,17,18,20);1H. The number of guanidine groups is 1. The summed E-state index contributed by atoms with van der Waals surface area (Å²) in [5.41, 5.74) is -5.27. The lowest BCUT2D eigenvalue weighted by atomic mass is 10.1. The number of rotatable bonds is 5. The van der Waals surface area contributed by atoms with Crippen molar-refractivity contribution >= 4 is 40.0 Å². The minimum Gasteiger partial charge on any atom is -0.357 e. The van der Waals surface area contributed by atoms with Crippen LogP contribution in [0.25, 0.3) is 0 Å². The van der Waals surface area contributed by atoms with Gasteiger partial charge in [-0.1, -0.05) is 5.16 Å². The molecule has 0 atom stereocenters. The average Bonchev–Trinajstić information content (AvgIpc) is 2.98. The number of sulfonamides is 1. The van der Waals surface area contributed by atoms with E-state index in [4.69, 9.17) is 4.52 Å². The number of hydrogen-bond donors (Lipinski definition) is 2. The van der Waals surface area contributed by atoms with E-state index in [9.17, 15) is 21.6 Å². The molecule has 2 N–H and O–H groups in total. The number of nitrogens with one attached hydrogen (secondary N) is 2. The average molecular weight is 526 g/mol. The summed E-state index contributed by atoms with van der Waals surface area (Å²) in [6.07, 6.45) is 0.471. The van der Waals surface area contributed by atoms with Crippen molar-refractivity contribution in [2.45, 2.75) is 44.8 Å². The summed E-state index contributed by atoms with van der Waals surface area (Å²) in [5.74, 6) is 1.28. The normalized spacial score (nSPS) is 17.4. The van der Waals surface area contributed by atoms with Gasteiger partial charge in [-0.3, -0.25) is 0 Å². The van der Waals surface area contributed by atoms with Crippen LogP contribution in [0.15, 0.2) is 9.52 Å². The summed E-state index contributed by atoms with van der Waals surface area (Å²) in [7, 11) is -5.27. The second-order valence-electron chi connectivity index (χ2n) is 5.70. The quantitative estimate of drug-likeness (QED) is 0.339. The third kappa shape index (κ3) is 6.44. The van der Waals surface area contributed by atoms with Gasteiger partial charge in [-0.15, -0.1) is 24.0 Å². The molecule has 2 heterocycles. The molecule has 156 valence electrons. The first kappa shape index (κ1) is 23.9. The van der Waals surface area contributed by atoms with Crippen LogP contribution in [0.5, 0.6) is 0 Å². The zero-order chi connectivity index (χ0) is 19.4. The van der Waals surface area contributed by atoms with Crippen molar-refractivity contribution in [2.24, 2.45) is 4.99 Å². The Morgan fingerprint density at radius 1 is 1.37 bits per heavy atom. The number of aliphatic imine (C=N–C) groups is 1. The van der Waals surface area contributed by atoms with E-state index in [1.807, 2.05) is 6.92 Å². The molecule has 1 aliphatic rings.